The van der Waals surface area contributed by atoms with Crippen LogP contribution in [0, 0.1) is 11.8 Å². The van der Waals surface area contributed by atoms with Gasteiger partial charge >= 0.3 is 5.97 Å². The van der Waals surface area contributed by atoms with Crippen LogP contribution in [-0.2, 0) is 15.1 Å². The van der Waals surface area contributed by atoms with Gasteiger partial charge in [-0.3, -0.25) is 4.79 Å². The Morgan fingerprint density at radius 2 is 2.11 bits per heavy atom. The number of methoxy groups -OCH3 is 1. The summed E-state index contributed by atoms with van der Waals surface area (Å²) in [6.45, 7) is 5.71. The Balaban J connectivity index is 3.31. The first kappa shape index (κ1) is 16.2. The third-order valence-corrected chi connectivity index (χ3v) is 3.99. The van der Waals surface area contributed by atoms with Crippen LogP contribution < -0.4 is 0 Å². The molecule has 1 aromatic carbocycles. The number of benzene rings is 1. The van der Waals surface area contributed by atoms with Crippen LogP contribution in [0.1, 0.15) is 32.8 Å². The molecule has 106 valence electrons. The van der Waals surface area contributed by atoms with E-state index in [4.69, 9.17) is 4.74 Å². The molecule has 0 spiro atoms. The molecular weight excluding hydrogens is 308 g/mol. The molecule has 1 aromatic rings. The normalized spacial score (nSPS) is 15.9. The minimum atomic E-state index is -1.22. The standard InChI is InChI=1S/C15H21BrO3/c1-5-15(18,11-7-6-8-12(16)9-11)13(10(2)3)14(17)19-4/h6-10,13,18H,5H2,1-4H3. The topological polar surface area (TPSA) is 46.5 Å². The lowest BCUT2D eigenvalue weighted by molar-refractivity contribution is -0.161. The van der Waals surface area contributed by atoms with Crippen LogP contribution in [0.5, 0.6) is 0 Å². The molecule has 1 N–H and O–H groups in total. The van der Waals surface area contributed by atoms with E-state index in [1.807, 2.05) is 45.0 Å². The second-order valence-electron chi connectivity index (χ2n) is 5.03. The van der Waals surface area contributed by atoms with Gasteiger partial charge in [0.05, 0.1) is 13.0 Å². The zero-order valence-electron chi connectivity index (χ0n) is 11.8. The average molecular weight is 329 g/mol. The van der Waals surface area contributed by atoms with Crippen LogP contribution in [0.3, 0.4) is 0 Å². The maximum absolute atomic E-state index is 12.0. The summed E-state index contributed by atoms with van der Waals surface area (Å²) < 4.78 is 5.74. The average Bonchev–Trinajstić information content (AvgIpc) is 2.37. The summed E-state index contributed by atoms with van der Waals surface area (Å²) in [7, 11) is 1.36. The zero-order valence-corrected chi connectivity index (χ0v) is 13.4. The number of hydrogen-bond acceptors (Lipinski definition) is 3. The first-order valence-electron chi connectivity index (χ1n) is 6.43. The Hall–Kier alpha value is -0.870. The Bertz CT molecular complexity index is 445. The van der Waals surface area contributed by atoms with Crippen LogP contribution >= 0.6 is 15.9 Å². The first-order valence-corrected chi connectivity index (χ1v) is 7.22. The van der Waals surface area contributed by atoms with Crippen molar-refractivity contribution >= 4 is 21.9 Å². The molecule has 0 radical (unpaired) electrons. The number of aliphatic hydroxyl groups is 1. The molecule has 2 atom stereocenters. The van der Waals surface area contributed by atoms with Gasteiger partial charge in [-0.1, -0.05) is 48.8 Å². The van der Waals surface area contributed by atoms with Crippen molar-refractivity contribution in [3.05, 3.63) is 34.3 Å². The smallest absolute Gasteiger partial charge is 0.312 e. The van der Waals surface area contributed by atoms with Gasteiger partial charge in [0.15, 0.2) is 0 Å². The number of ether oxygens (including phenoxy) is 1. The highest BCUT2D eigenvalue weighted by Gasteiger charge is 2.44. The highest BCUT2D eigenvalue weighted by atomic mass is 79.9. The Morgan fingerprint density at radius 3 is 2.53 bits per heavy atom. The molecular formula is C15H21BrO3. The fourth-order valence-corrected chi connectivity index (χ4v) is 2.91. The van der Waals surface area contributed by atoms with E-state index in [-0.39, 0.29) is 11.9 Å². The van der Waals surface area contributed by atoms with E-state index in [1.54, 1.807) is 0 Å². The number of hydrogen-bond donors (Lipinski definition) is 1. The largest absolute Gasteiger partial charge is 0.469 e. The monoisotopic (exact) mass is 328 g/mol. The summed E-state index contributed by atoms with van der Waals surface area (Å²) in [6, 6.07) is 7.44. The zero-order chi connectivity index (χ0) is 14.6. The van der Waals surface area contributed by atoms with Gasteiger partial charge in [0.25, 0.3) is 0 Å². The number of carbonyl (C=O) groups is 1. The van der Waals surface area contributed by atoms with Crippen molar-refractivity contribution in [3.63, 3.8) is 0 Å². The van der Waals surface area contributed by atoms with E-state index in [0.29, 0.717) is 6.42 Å². The lowest BCUT2D eigenvalue weighted by Gasteiger charge is -2.36. The minimum Gasteiger partial charge on any atom is -0.469 e. The summed E-state index contributed by atoms with van der Waals surface area (Å²) in [5.41, 5.74) is -0.487. The summed E-state index contributed by atoms with van der Waals surface area (Å²) >= 11 is 3.40. The number of esters is 1. The molecule has 0 aliphatic heterocycles. The fourth-order valence-electron chi connectivity index (χ4n) is 2.51. The van der Waals surface area contributed by atoms with E-state index < -0.39 is 11.5 Å². The van der Waals surface area contributed by atoms with E-state index in [0.717, 1.165) is 10.0 Å². The predicted molar refractivity (Wildman–Crippen MR) is 78.7 cm³/mol. The predicted octanol–water partition coefficient (Wildman–Crippen LogP) is 3.49. The third kappa shape index (κ3) is 3.37. The van der Waals surface area contributed by atoms with Gasteiger partial charge in [-0.15, -0.1) is 0 Å². The fraction of sp³-hybridized carbons (Fsp3) is 0.533. The quantitative estimate of drug-likeness (QED) is 0.841. The summed E-state index contributed by atoms with van der Waals surface area (Å²) in [6.07, 6.45) is 0.446. The number of carbonyl (C=O) groups excluding carboxylic acids is 1. The summed E-state index contributed by atoms with van der Waals surface area (Å²) in [5.74, 6) is -0.979. The van der Waals surface area contributed by atoms with Crippen molar-refractivity contribution in [2.75, 3.05) is 7.11 Å². The van der Waals surface area contributed by atoms with Gasteiger partial charge in [-0.25, -0.2) is 0 Å². The van der Waals surface area contributed by atoms with Crippen molar-refractivity contribution in [2.24, 2.45) is 11.8 Å². The molecule has 0 aliphatic carbocycles. The molecule has 2 unspecified atom stereocenters. The van der Waals surface area contributed by atoms with E-state index in [9.17, 15) is 9.90 Å². The van der Waals surface area contributed by atoms with E-state index >= 15 is 0 Å². The van der Waals surface area contributed by atoms with Gasteiger partial charge < -0.3 is 9.84 Å². The van der Waals surface area contributed by atoms with Crippen LogP contribution in [0.25, 0.3) is 0 Å². The molecule has 0 fully saturated rings. The highest BCUT2D eigenvalue weighted by Crippen LogP contribution is 2.39. The Kier molecular flexibility index (Phi) is 5.56. The number of halogens is 1. The summed E-state index contributed by atoms with van der Waals surface area (Å²) in [5, 5.41) is 11.0. The van der Waals surface area contributed by atoms with Crippen LogP contribution in [0.4, 0.5) is 0 Å². The first-order chi connectivity index (χ1) is 8.86. The van der Waals surface area contributed by atoms with Gasteiger partial charge in [0.2, 0.25) is 0 Å². The Morgan fingerprint density at radius 1 is 1.47 bits per heavy atom. The van der Waals surface area contributed by atoms with Crippen molar-refractivity contribution in [1.82, 2.24) is 0 Å². The van der Waals surface area contributed by atoms with Gasteiger partial charge in [0.1, 0.15) is 5.60 Å². The second-order valence-corrected chi connectivity index (χ2v) is 5.95. The summed E-state index contributed by atoms with van der Waals surface area (Å²) in [4.78, 5) is 12.0. The molecule has 3 nitrogen and oxygen atoms in total. The van der Waals surface area contributed by atoms with E-state index in [1.165, 1.54) is 7.11 Å². The Labute approximate surface area is 123 Å². The van der Waals surface area contributed by atoms with Crippen molar-refractivity contribution < 1.29 is 14.6 Å². The van der Waals surface area contributed by atoms with Gasteiger partial charge in [-0.2, -0.15) is 0 Å². The lowest BCUT2D eigenvalue weighted by Crippen LogP contribution is -2.43. The van der Waals surface area contributed by atoms with Crippen molar-refractivity contribution in [2.45, 2.75) is 32.8 Å². The van der Waals surface area contributed by atoms with Crippen LogP contribution in [0.2, 0.25) is 0 Å². The molecule has 0 aromatic heterocycles. The maximum Gasteiger partial charge on any atom is 0.312 e. The molecule has 0 saturated heterocycles. The van der Waals surface area contributed by atoms with Crippen LogP contribution in [0.15, 0.2) is 28.7 Å². The molecule has 0 amide bonds. The molecule has 1 rings (SSSR count). The highest BCUT2D eigenvalue weighted by molar-refractivity contribution is 9.10. The van der Waals surface area contributed by atoms with Crippen molar-refractivity contribution in [3.8, 4) is 0 Å². The van der Waals surface area contributed by atoms with Gasteiger partial charge in [0, 0.05) is 4.47 Å². The molecule has 0 bridgehead atoms. The SMILES string of the molecule is CCC(O)(c1cccc(Br)c1)C(C(=O)OC)C(C)C. The molecule has 0 aliphatic rings. The van der Waals surface area contributed by atoms with Gasteiger partial charge in [-0.05, 0) is 30.0 Å². The van der Waals surface area contributed by atoms with Crippen LogP contribution in [-0.4, -0.2) is 18.2 Å². The molecule has 19 heavy (non-hydrogen) atoms. The van der Waals surface area contributed by atoms with Crippen molar-refractivity contribution in [1.29, 1.82) is 0 Å². The van der Waals surface area contributed by atoms with E-state index in [2.05, 4.69) is 15.9 Å². The number of rotatable bonds is 5. The second kappa shape index (κ2) is 6.53. The maximum atomic E-state index is 12.0. The molecule has 0 heterocycles. The molecule has 4 heteroatoms. The lowest BCUT2D eigenvalue weighted by atomic mass is 9.74. The minimum absolute atomic E-state index is 0.0172. The third-order valence-electron chi connectivity index (χ3n) is 3.50. The molecule has 0 saturated carbocycles.